The number of rotatable bonds is 0. The molecular weight excluding hydrogens is 382 g/mol. The van der Waals surface area contributed by atoms with Gasteiger partial charge in [0.05, 0.1) is 0 Å². The van der Waals surface area contributed by atoms with E-state index in [1.807, 2.05) is 0 Å². The third-order valence-electron chi connectivity index (χ3n) is 0. The zero-order valence-corrected chi connectivity index (χ0v) is 9.48. The third-order valence-corrected chi connectivity index (χ3v) is 0. The van der Waals surface area contributed by atoms with Crippen LogP contribution in [0.25, 0.3) is 0 Å². The van der Waals surface area contributed by atoms with Crippen LogP contribution in [-0.2, 0) is 3.74 Å². The second kappa shape index (κ2) is 5.58. The Labute approximate surface area is 69.8 Å². The third kappa shape index (κ3) is 105. The molecule has 0 aromatic carbocycles. The summed E-state index contributed by atoms with van der Waals surface area (Å²) in [5.41, 5.74) is 0. The van der Waals surface area contributed by atoms with Gasteiger partial charge in [-0.05, 0) is 0 Å². The van der Waals surface area contributed by atoms with E-state index in [9.17, 15) is 0 Å². The van der Waals surface area contributed by atoms with Crippen LogP contribution < -0.4 is 24.7 Å². The predicted molar refractivity (Wildman–Crippen MR) is 12.2 cm³/mol. The SMILES string of the molecule is O=[As]([O-])([O-])[O-].[Cl-].[Pb+4]. The second-order valence-electron chi connectivity index (χ2n) is 0.447. The Hall–Kier alpha value is 1.45. The molecule has 0 fully saturated rings. The van der Waals surface area contributed by atoms with E-state index < -0.39 is 14.5 Å². The van der Waals surface area contributed by atoms with Crippen molar-refractivity contribution in [2.75, 3.05) is 0 Å². The van der Waals surface area contributed by atoms with Gasteiger partial charge in [-0.25, -0.2) is 0 Å². The van der Waals surface area contributed by atoms with Crippen molar-refractivity contribution in [2.24, 2.45) is 0 Å². The largest absolute Gasteiger partial charge is 4.00 e. The summed E-state index contributed by atoms with van der Waals surface area (Å²) in [6, 6.07) is 0. The minimum absolute atomic E-state index is 0. The van der Waals surface area contributed by atoms with E-state index in [0.717, 1.165) is 0 Å². The average molecular weight is 382 g/mol. The number of hydrogen-bond acceptors (Lipinski definition) is 4. The van der Waals surface area contributed by atoms with Crippen molar-refractivity contribution >= 4 is 41.8 Å². The summed E-state index contributed by atoms with van der Waals surface area (Å²) in [7, 11) is 0. The predicted octanol–water partition coefficient (Wildman–Crippen LogP) is -7.44. The molecule has 0 saturated heterocycles. The first-order valence-corrected chi connectivity index (χ1v) is 3.79. The summed E-state index contributed by atoms with van der Waals surface area (Å²) in [5.74, 6) is 0. The van der Waals surface area contributed by atoms with Crippen LogP contribution in [0.3, 0.4) is 0 Å². The molecule has 4 nitrogen and oxygen atoms in total. The van der Waals surface area contributed by atoms with Crippen LogP contribution in [0.2, 0.25) is 0 Å². The van der Waals surface area contributed by atoms with Crippen LogP contribution in [0.1, 0.15) is 0 Å². The monoisotopic (exact) mass is 382 g/mol. The van der Waals surface area contributed by atoms with Gasteiger partial charge in [-0.1, -0.05) is 0 Å². The van der Waals surface area contributed by atoms with Crippen LogP contribution >= 0.6 is 0 Å². The van der Waals surface area contributed by atoms with Crippen molar-refractivity contribution < 1.29 is 28.4 Å². The van der Waals surface area contributed by atoms with Gasteiger partial charge in [-0.15, -0.1) is 0 Å². The summed E-state index contributed by atoms with van der Waals surface area (Å²) in [6.45, 7) is 0. The van der Waals surface area contributed by atoms with Crippen LogP contribution in [0.15, 0.2) is 0 Å². The van der Waals surface area contributed by atoms with Gasteiger partial charge in [0.15, 0.2) is 0 Å². The molecule has 0 spiro atoms. The molecule has 7 heavy (non-hydrogen) atoms. The minimum atomic E-state index is -5.88. The molecule has 0 atom stereocenters. The molecule has 0 saturated carbocycles. The maximum Gasteiger partial charge on any atom is 4.00 e. The molecule has 0 heterocycles. The zero-order chi connectivity index (χ0) is 4.50. The van der Waals surface area contributed by atoms with Crippen LogP contribution in [-0.4, -0.2) is 41.8 Å². The van der Waals surface area contributed by atoms with E-state index in [-0.39, 0.29) is 39.7 Å². The molecular formula is AsClO4Pb. The van der Waals surface area contributed by atoms with Gasteiger partial charge in [0.25, 0.3) is 0 Å². The van der Waals surface area contributed by atoms with Crippen molar-refractivity contribution in [3.8, 4) is 0 Å². The Morgan fingerprint density at radius 3 is 1.14 bits per heavy atom. The Balaban J connectivity index is -0.0000000800. The van der Waals surface area contributed by atoms with E-state index in [2.05, 4.69) is 0 Å². The van der Waals surface area contributed by atoms with Crippen molar-refractivity contribution in [1.29, 1.82) is 0 Å². The molecule has 0 aliphatic rings. The van der Waals surface area contributed by atoms with E-state index >= 15 is 0 Å². The van der Waals surface area contributed by atoms with Gasteiger partial charge in [-0.2, -0.15) is 0 Å². The average Bonchev–Trinajstić information content (AvgIpc) is 0.722. The maximum absolute atomic E-state index is 8.61. The van der Waals surface area contributed by atoms with Crippen molar-refractivity contribution in [2.45, 2.75) is 0 Å². The molecule has 0 aromatic rings. The van der Waals surface area contributed by atoms with Crippen LogP contribution in [0, 0.1) is 0 Å². The fraction of sp³-hybridized carbons (Fsp3) is 0. The van der Waals surface area contributed by atoms with Gasteiger partial charge in [-0.3, -0.25) is 0 Å². The Bertz CT molecular complexity index is 57.8. The standard InChI is InChI=1S/AsH3O4.ClH.Pb/c2-1(3,4)5;;/h(H3,2,3,4,5);1H;/q;;+4/p-4. The summed E-state index contributed by atoms with van der Waals surface area (Å²) < 4.78 is 34.4. The number of hydrogen-bond donors (Lipinski definition) is 0. The van der Waals surface area contributed by atoms with Gasteiger partial charge in [0.2, 0.25) is 0 Å². The smallest absolute Gasteiger partial charge is 1.00 e. The molecule has 0 aliphatic heterocycles. The molecule has 7 heteroatoms. The molecule has 0 aliphatic carbocycles. The molecule has 0 rings (SSSR count). The van der Waals surface area contributed by atoms with Gasteiger partial charge < -0.3 is 12.4 Å². The fourth-order valence-corrected chi connectivity index (χ4v) is 0. The molecule has 0 bridgehead atoms. The first-order chi connectivity index (χ1) is 2.00. The van der Waals surface area contributed by atoms with Crippen LogP contribution in [0.4, 0.5) is 0 Å². The molecule has 40 valence electrons. The Kier molecular flexibility index (Phi) is 12.6. The zero-order valence-electron chi connectivity index (χ0n) is 2.96. The van der Waals surface area contributed by atoms with Gasteiger partial charge in [0.1, 0.15) is 0 Å². The topological polar surface area (TPSA) is 86.2 Å². The summed E-state index contributed by atoms with van der Waals surface area (Å²) >= 11 is -5.88. The Morgan fingerprint density at radius 2 is 1.14 bits per heavy atom. The molecule has 0 radical (unpaired) electrons. The molecule has 0 unspecified atom stereocenters. The van der Waals surface area contributed by atoms with Crippen molar-refractivity contribution in [3.05, 3.63) is 0 Å². The van der Waals surface area contributed by atoms with Crippen molar-refractivity contribution in [1.82, 2.24) is 0 Å². The van der Waals surface area contributed by atoms with Gasteiger partial charge in [0, 0.05) is 0 Å². The van der Waals surface area contributed by atoms with Gasteiger partial charge >= 0.3 is 57.8 Å². The van der Waals surface area contributed by atoms with Crippen LogP contribution in [0.5, 0.6) is 0 Å². The Morgan fingerprint density at radius 1 is 1.14 bits per heavy atom. The summed E-state index contributed by atoms with van der Waals surface area (Å²) in [4.78, 5) is 0. The molecule has 0 aromatic heterocycles. The molecule has 0 amide bonds. The van der Waals surface area contributed by atoms with E-state index in [1.165, 1.54) is 0 Å². The number of halogens is 1. The summed E-state index contributed by atoms with van der Waals surface area (Å²) in [6.07, 6.45) is 0. The fourth-order valence-electron chi connectivity index (χ4n) is 0. The van der Waals surface area contributed by atoms with E-state index in [1.54, 1.807) is 0 Å². The maximum atomic E-state index is 8.61. The quantitative estimate of drug-likeness (QED) is 0.390. The summed E-state index contributed by atoms with van der Waals surface area (Å²) in [5, 5.41) is 0. The van der Waals surface area contributed by atoms with E-state index in [4.69, 9.17) is 16.0 Å². The minimum Gasteiger partial charge on any atom is -1.00 e. The van der Waals surface area contributed by atoms with Crippen molar-refractivity contribution in [3.63, 3.8) is 0 Å². The first-order valence-electron chi connectivity index (χ1n) is 0.730. The first kappa shape index (κ1) is 15.8. The molecule has 0 N–H and O–H groups in total. The van der Waals surface area contributed by atoms with E-state index in [0.29, 0.717) is 0 Å². The second-order valence-corrected chi connectivity index (χ2v) is 2.32. The normalized spacial score (nSPS) is 8.43.